The summed E-state index contributed by atoms with van der Waals surface area (Å²) in [6.45, 7) is 4.87. The lowest BCUT2D eigenvalue weighted by molar-refractivity contribution is -0.197. The Bertz CT molecular complexity index is 443. The molecule has 96 valence electrons. The number of imide groups is 1. The maximum Gasteiger partial charge on any atom is 0.359 e. The van der Waals surface area contributed by atoms with Gasteiger partial charge in [-0.05, 0) is 19.8 Å². The predicted octanol–water partition coefficient (Wildman–Crippen LogP) is 0.183. The van der Waals surface area contributed by atoms with E-state index < -0.39 is 29.6 Å². The van der Waals surface area contributed by atoms with Crippen molar-refractivity contribution in [3.8, 4) is 0 Å². The Morgan fingerprint density at radius 2 is 1.78 bits per heavy atom. The molecule has 3 fully saturated rings. The van der Waals surface area contributed by atoms with Crippen molar-refractivity contribution >= 4 is 17.8 Å². The van der Waals surface area contributed by atoms with E-state index in [0.29, 0.717) is 5.06 Å². The summed E-state index contributed by atoms with van der Waals surface area (Å²) < 4.78 is 5.55. The third kappa shape index (κ3) is 1.35. The zero-order valence-corrected chi connectivity index (χ0v) is 9.92. The first-order valence-electron chi connectivity index (χ1n) is 5.92. The van der Waals surface area contributed by atoms with Gasteiger partial charge in [-0.25, -0.2) is 4.79 Å². The summed E-state index contributed by atoms with van der Waals surface area (Å²) in [7, 11) is 0. The molecule has 0 spiro atoms. The molecule has 6 heteroatoms. The molecule has 4 unspecified atom stereocenters. The van der Waals surface area contributed by atoms with Gasteiger partial charge in [0.15, 0.2) is 0 Å². The molecular weight excluding hydrogens is 238 g/mol. The van der Waals surface area contributed by atoms with E-state index >= 15 is 0 Å². The zero-order valence-electron chi connectivity index (χ0n) is 9.92. The SMILES string of the molecule is C=C(C)C(=O)ON1C(=O)C2C3CCC(O3)C2C1=O. The minimum absolute atomic E-state index is 0.145. The van der Waals surface area contributed by atoms with Crippen molar-refractivity contribution in [3.63, 3.8) is 0 Å². The van der Waals surface area contributed by atoms with Gasteiger partial charge in [0.1, 0.15) is 0 Å². The molecule has 0 aromatic rings. The normalized spacial score (nSPS) is 37.1. The third-order valence-corrected chi connectivity index (χ3v) is 3.77. The molecule has 6 nitrogen and oxygen atoms in total. The smallest absolute Gasteiger partial charge is 0.359 e. The summed E-state index contributed by atoms with van der Waals surface area (Å²) >= 11 is 0. The van der Waals surface area contributed by atoms with Crippen LogP contribution in [0.15, 0.2) is 12.2 Å². The molecule has 3 aliphatic rings. The fourth-order valence-corrected chi connectivity index (χ4v) is 2.94. The minimum atomic E-state index is -0.759. The molecule has 2 bridgehead atoms. The van der Waals surface area contributed by atoms with Crippen molar-refractivity contribution in [3.05, 3.63) is 12.2 Å². The van der Waals surface area contributed by atoms with Crippen LogP contribution in [-0.4, -0.2) is 35.1 Å². The lowest BCUT2D eigenvalue weighted by Gasteiger charge is -2.15. The van der Waals surface area contributed by atoms with Crippen molar-refractivity contribution in [2.24, 2.45) is 11.8 Å². The van der Waals surface area contributed by atoms with E-state index in [1.165, 1.54) is 6.92 Å². The minimum Gasteiger partial charge on any atom is -0.373 e. The van der Waals surface area contributed by atoms with Gasteiger partial charge in [0.25, 0.3) is 11.8 Å². The molecule has 0 N–H and O–H groups in total. The van der Waals surface area contributed by atoms with Gasteiger partial charge >= 0.3 is 5.97 Å². The molecule has 2 amide bonds. The molecule has 18 heavy (non-hydrogen) atoms. The molecule has 0 aromatic heterocycles. The highest BCUT2D eigenvalue weighted by molar-refractivity contribution is 6.06. The Morgan fingerprint density at radius 1 is 1.28 bits per heavy atom. The number of nitrogens with zero attached hydrogens (tertiary/aromatic N) is 1. The third-order valence-electron chi connectivity index (χ3n) is 3.77. The van der Waals surface area contributed by atoms with E-state index in [9.17, 15) is 14.4 Å². The largest absolute Gasteiger partial charge is 0.373 e. The van der Waals surface area contributed by atoms with Gasteiger partial charge in [0.05, 0.1) is 24.0 Å². The zero-order chi connectivity index (χ0) is 13.0. The highest BCUT2D eigenvalue weighted by atomic mass is 16.7. The van der Waals surface area contributed by atoms with Crippen LogP contribution in [0, 0.1) is 11.8 Å². The molecule has 3 rings (SSSR count). The lowest BCUT2D eigenvalue weighted by Crippen LogP contribution is -2.36. The predicted molar refractivity (Wildman–Crippen MR) is 57.6 cm³/mol. The molecule has 0 saturated carbocycles. The van der Waals surface area contributed by atoms with Crippen molar-refractivity contribution in [2.45, 2.75) is 32.0 Å². The Hall–Kier alpha value is -1.69. The lowest BCUT2D eigenvalue weighted by atomic mass is 9.81. The maximum absolute atomic E-state index is 12.1. The van der Waals surface area contributed by atoms with Gasteiger partial charge in [0, 0.05) is 5.57 Å². The monoisotopic (exact) mass is 251 g/mol. The van der Waals surface area contributed by atoms with Crippen LogP contribution >= 0.6 is 0 Å². The van der Waals surface area contributed by atoms with E-state index in [4.69, 9.17) is 9.57 Å². The molecular formula is C12H13NO5. The number of fused-ring (bicyclic) bond motifs is 5. The average molecular weight is 251 g/mol. The first-order valence-corrected chi connectivity index (χ1v) is 5.92. The van der Waals surface area contributed by atoms with Crippen LogP contribution in [0.3, 0.4) is 0 Å². The maximum atomic E-state index is 12.1. The Kier molecular flexibility index (Phi) is 2.31. The Labute approximate surface area is 103 Å². The number of carbonyl (C=O) groups excluding carboxylic acids is 3. The van der Waals surface area contributed by atoms with Crippen molar-refractivity contribution < 1.29 is 24.0 Å². The molecule has 0 aliphatic carbocycles. The van der Waals surface area contributed by atoms with Gasteiger partial charge in [0.2, 0.25) is 0 Å². The Balaban J connectivity index is 1.82. The van der Waals surface area contributed by atoms with Gasteiger partial charge in [-0.2, -0.15) is 0 Å². The molecule has 4 atom stereocenters. The van der Waals surface area contributed by atoms with Crippen molar-refractivity contribution in [1.82, 2.24) is 5.06 Å². The van der Waals surface area contributed by atoms with E-state index in [1.54, 1.807) is 0 Å². The van der Waals surface area contributed by atoms with Crippen molar-refractivity contribution in [2.75, 3.05) is 0 Å². The summed E-state index contributed by atoms with van der Waals surface area (Å²) in [6.07, 6.45) is 1.16. The van der Waals surface area contributed by atoms with Gasteiger partial charge in [-0.3, -0.25) is 9.59 Å². The summed E-state index contributed by atoms with van der Waals surface area (Å²) in [5.41, 5.74) is 0.145. The van der Waals surface area contributed by atoms with Crippen molar-refractivity contribution in [1.29, 1.82) is 0 Å². The van der Waals surface area contributed by atoms with Crippen LogP contribution in [0.5, 0.6) is 0 Å². The number of rotatable bonds is 2. The van der Waals surface area contributed by atoms with Crippen LogP contribution in [0.4, 0.5) is 0 Å². The summed E-state index contributed by atoms with van der Waals surface area (Å²) in [6, 6.07) is 0. The highest BCUT2D eigenvalue weighted by Gasteiger charge is 2.63. The van der Waals surface area contributed by atoms with E-state index in [1.807, 2.05) is 0 Å². The van der Waals surface area contributed by atoms with Gasteiger partial charge in [-0.15, -0.1) is 5.06 Å². The first kappa shape index (κ1) is 11.4. The fraction of sp³-hybridized carbons (Fsp3) is 0.583. The molecule has 3 saturated heterocycles. The quantitative estimate of drug-likeness (QED) is 0.517. The topological polar surface area (TPSA) is 72.9 Å². The second-order valence-electron chi connectivity index (χ2n) is 4.97. The number of carbonyl (C=O) groups is 3. The van der Waals surface area contributed by atoms with E-state index in [2.05, 4.69) is 6.58 Å². The fourth-order valence-electron chi connectivity index (χ4n) is 2.94. The van der Waals surface area contributed by atoms with Crippen LogP contribution < -0.4 is 0 Å². The number of amides is 2. The second-order valence-corrected chi connectivity index (χ2v) is 4.97. The van der Waals surface area contributed by atoms with Crippen LogP contribution in [-0.2, 0) is 24.0 Å². The van der Waals surface area contributed by atoms with Crippen LogP contribution in [0.25, 0.3) is 0 Å². The number of hydroxylamine groups is 2. The standard InChI is InChI=1S/C12H13NO5/c1-5(2)12(16)18-13-10(14)8-6-3-4-7(17-6)9(8)11(13)15/h6-9H,1,3-4H2,2H3. The van der Waals surface area contributed by atoms with Crippen LogP contribution in [0.2, 0.25) is 0 Å². The summed E-state index contributed by atoms with van der Waals surface area (Å²) in [4.78, 5) is 40.3. The molecule has 3 heterocycles. The second kappa shape index (κ2) is 3.65. The number of ether oxygens (including phenoxy) is 1. The molecule has 0 radical (unpaired) electrons. The average Bonchev–Trinajstić information content (AvgIpc) is 2.98. The van der Waals surface area contributed by atoms with Crippen LogP contribution in [0.1, 0.15) is 19.8 Å². The number of hydrogen-bond acceptors (Lipinski definition) is 5. The van der Waals surface area contributed by atoms with Gasteiger partial charge < -0.3 is 9.57 Å². The summed E-state index contributed by atoms with van der Waals surface area (Å²) in [5.74, 6) is -2.65. The number of hydrogen-bond donors (Lipinski definition) is 0. The summed E-state index contributed by atoms with van der Waals surface area (Å²) in [5, 5.41) is 0.597. The Morgan fingerprint density at radius 3 is 2.22 bits per heavy atom. The van der Waals surface area contributed by atoms with E-state index in [-0.39, 0.29) is 17.8 Å². The molecule has 0 aromatic carbocycles. The van der Waals surface area contributed by atoms with Gasteiger partial charge in [-0.1, -0.05) is 6.58 Å². The highest BCUT2D eigenvalue weighted by Crippen LogP contribution is 2.48. The molecule has 3 aliphatic heterocycles. The van der Waals surface area contributed by atoms with E-state index in [0.717, 1.165) is 12.8 Å². The first-order chi connectivity index (χ1) is 8.50.